The van der Waals surface area contributed by atoms with Gasteiger partial charge in [-0.2, -0.15) is 8.62 Å². The SMILES string of the molecule is C#CCCCCO.C#CCCCCOC(=O)CC.CC(C)(C)OC(=O)NCC(=O)OCCCCC#Cc1cn([C@H]2CC(O)[C@@H](CO)O2)c2ncnc(N)c12.CC(C)(C)OC(=O)NCC(=O)OCCCCC#Cc1cn([C@H]2CC(O)[C@@H](COP(=O)(O)OP(=O)(O)OP(=O)(O)O)O2)c2ncnc(N)c12.CCC(=O)O.Nc1ncnc2c1c(I)cn2[C@H]1CC(O)[C@@H](CO)O1. The van der Waals surface area contributed by atoms with Crippen molar-refractivity contribution in [3.63, 3.8) is 0 Å². The van der Waals surface area contributed by atoms with Crippen molar-refractivity contribution in [2.24, 2.45) is 0 Å². The number of aliphatic hydroxyl groups is 6. The van der Waals surface area contributed by atoms with Crippen LogP contribution in [0, 0.1) is 51.9 Å². The van der Waals surface area contributed by atoms with Crippen LogP contribution < -0.4 is 27.8 Å². The van der Waals surface area contributed by atoms with Gasteiger partial charge in [0.2, 0.25) is 0 Å². The number of esters is 3. The number of anilines is 3. The Morgan fingerprint density at radius 3 is 1.26 bits per heavy atom. The fourth-order valence-corrected chi connectivity index (χ4v) is 14.9. The highest BCUT2D eigenvalue weighted by Crippen LogP contribution is 2.66. The molecule has 0 saturated carbocycles. The van der Waals surface area contributed by atoms with E-state index < -0.39 is 120 Å². The number of unbranched alkanes of at least 4 members (excludes halogenated alkanes) is 8. The molecule has 11 atom stereocenters. The number of aromatic nitrogens is 9. The summed E-state index contributed by atoms with van der Waals surface area (Å²) in [6, 6.07) is 0. The number of nitrogen functional groups attached to an aromatic ring is 3. The number of carbonyl (C=O) groups is 6. The van der Waals surface area contributed by atoms with Crippen LogP contribution >= 0.6 is 46.1 Å². The molecule has 0 aliphatic carbocycles. The monoisotopic (exact) mass is 1950 g/mol. The van der Waals surface area contributed by atoms with Crippen molar-refractivity contribution < 1.29 is 149 Å². The number of rotatable bonds is 33. The molecule has 2 amide bonds. The third-order valence-electron chi connectivity index (χ3n) is 16.8. The van der Waals surface area contributed by atoms with E-state index in [1.807, 2.05) is 10.8 Å². The standard InChI is InChI=1S/C24H36N5O16P3.C24H33N5O7.C11H13IN4O3.C9H14O2.C6H10O.C3H6O2/c1-24(2,3)43-23(32)26-11-19(31)40-9-7-5-4-6-8-15-12-29(22-20(15)21(25)27-14-28-22)18-10-16(30)17(42-18)13-41-47(36,37)45-48(38,39)44-46(33,34)35;1-24(2,3)36-23(33)26-11-19(32)34-9-7-5-4-6-8-15-12-29(18-10-16(31)17(13-30)35-18)22-20(15)21(25)27-14-28-22;12-5-2-16(8-1-6(18)7(3-17)19-8)11-9(5)10(13)14-4-15-11;1-3-5-6-7-8-11-9(10)4-2;1-2-3-4-5-6-7;1-2-3(4)5/h12,14,16-18,30H,4-5,7,9-11,13H2,1-3H3,(H,26,32)(H,36,37)(H,38,39)(H2,25,27,28)(H2,33,34,35);12,14,16-18,30-31H,4-5,7,9-11,13H2,1-3H3,(H,26,33)(H2,25,27,28);2,4,6-8,17-18H,1,3H2,(H2,13,14,15);1H,4-8H2,2H3;1,7H,3-6H2;2H2,1H3,(H,4,5)/t2*16?,17-,18-;6?,7-,8-;;;/m111.../s1. The van der Waals surface area contributed by atoms with Gasteiger partial charge in [-0.15, -0.1) is 24.7 Å². The fourth-order valence-electron chi connectivity index (χ4n) is 11.0. The number of nitrogens with one attached hydrogen (secondary N) is 2. The number of halogens is 1. The topological polar surface area (TPSA) is 672 Å². The van der Waals surface area contributed by atoms with Crippen LogP contribution in [0.5, 0.6) is 0 Å². The number of aliphatic carboxylic acids is 1. The first-order valence-electron chi connectivity index (χ1n) is 39.4. The Morgan fingerprint density at radius 2 is 0.897 bits per heavy atom. The number of alkyl carbamates (subject to hydrolysis) is 2. The largest absolute Gasteiger partial charge is 0.490 e. The second kappa shape index (κ2) is 54.1. The number of hydrogen-bond donors (Lipinski definition) is 16. The number of carboxylic acid groups (broad SMARTS) is 1. The number of amides is 2. The lowest BCUT2D eigenvalue weighted by Gasteiger charge is -2.19. The number of ether oxygens (including phenoxy) is 8. The van der Waals surface area contributed by atoms with Crippen molar-refractivity contribution >= 4 is 133 Å². The number of nitrogens with zero attached hydrogens (tertiary/aromatic N) is 9. The molecule has 3 aliphatic heterocycles. The molecule has 3 saturated heterocycles. The molecule has 3 fully saturated rings. The average molecular weight is 1950 g/mol. The van der Waals surface area contributed by atoms with Gasteiger partial charge in [-0.25, -0.2) is 53.2 Å². The first-order valence-corrected chi connectivity index (χ1v) is 45.0. The summed E-state index contributed by atoms with van der Waals surface area (Å²) in [6.45, 7) is 12.8. The maximum Gasteiger partial charge on any atom is 0.490 e. The molecule has 3 aliphatic rings. The molecular formula is C77H112IN14O31P3. The molecule has 5 unspecified atom stereocenters. The zero-order valence-corrected chi connectivity index (χ0v) is 75.6. The maximum absolute atomic E-state index is 12.1. The van der Waals surface area contributed by atoms with Crippen LogP contribution in [0.25, 0.3) is 33.1 Å². The van der Waals surface area contributed by atoms with E-state index in [2.05, 4.69) is 112 Å². The van der Waals surface area contributed by atoms with E-state index in [1.165, 1.54) is 23.5 Å². The zero-order valence-electron chi connectivity index (χ0n) is 70.8. The number of phosphoric acid groups is 3. The Balaban J connectivity index is 0.000000369. The summed E-state index contributed by atoms with van der Waals surface area (Å²) in [4.78, 5) is 128. The Kier molecular flexibility index (Phi) is 46.8. The van der Waals surface area contributed by atoms with Crippen LogP contribution in [0.4, 0.5) is 27.0 Å². The van der Waals surface area contributed by atoms with E-state index in [4.69, 9.17) is 93.0 Å². The molecule has 9 heterocycles. The highest BCUT2D eigenvalue weighted by Gasteiger charge is 2.44. The normalized spacial score (nSPS) is 19.1. The molecule has 19 N–H and O–H groups in total. The van der Waals surface area contributed by atoms with Crippen LogP contribution in [-0.2, 0) is 83.9 Å². The number of aliphatic hydroxyl groups excluding tert-OH is 6. The molecule has 6 aromatic heterocycles. The molecule has 0 bridgehead atoms. The summed E-state index contributed by atoms with van der Waals surface area (Å²) in [5, 5.41) is 71.3. The van der Waals surface area contributed by atoms with Gasteiger partial charge in [0, 0.05) is 86.6 Å². The molecule has 45 nitrogen and oxygen atoms in total. The van der Waals surface area contributed by atoms with Gasteiger partial charge in [0.1, 0.15) is 115 Å². The van der Waals surface area contributed by atoms with E-state index in [1.54, 1.807) is 72.4 Å². The predicted molar refractivity (Wildman–Crippen MR) is 460 cm³/mol. The Labute approximate surface area is 740 Å². The summed E-state index contributed by atoms with van der Waals surface area (Å²) < 4.78 is 94.6. The van der Waals surface area contributed by atoms with Crippen molar-refractivity contribution in [3.8, 4) is 48.4 Å². The van der Waals surface area contributed by atoms with Gasteiger partial charge in [0.05, 0.1) is 85.2 Å². The van der Waals surface area contributed by atoms with Crippen molar-refractivity contribution in [3.05, 3.63) is 52.3 Å². The molecule has 6 aromatic rings. The Bertz CT molecular complexity index is 4910. The number of hydrogen-bond acceptors (Lipinski definition) is 35. The van der Waals surface area contributed by atoms with Gasteiger partial charge < -0.3 is 135 Å². The van der Waals surface area contributed by atoms with Crippen LogP contribution in [-0.4, -0.2) is 242 Å². The highest BCUT2D eigenvalue weighted by molar-refractivity contribution is 14.1. The van der Waals surface area contributed by atoms with Crippen LogP contribution in [0.15, 0.2) is 37.6 Å². The lowest BCUT2D eigenvalue weighted by atomic mass is 10.2. The third-order valence-corrected chi connectivity index (χ3v) is 21.4. The Morgan fingerprint density at radius 1 is 0.532 bits per heavy atom. The second-order valence-electron chi connectivity index (χ2n) is 29.2. The van der Waals surface area contributed by atoms with Crippen LogP contribution in [0.1, 0.15) is 194 Å². The lowest BCUT2D eigenvalue weighted by molar-refractivity contribution is -0.144. The van der Waals surface area contributed by atoms with Crippen LogP contribution in [0.3, 0.4) is 0 Å². The predicted octanol–water partition coefficient (Wildman–Crippen LogP) is 6.10. The number of phosphoric ester groups is 1. The molecule has 0 spiro atoms. The summed E-state index contributed by atoms with van der Waals surface area (Å²) >= 11 is 2.16. The van der Waals surface area contributed by atoms with Gasteiger partial charge in [0.15, 0.2) is 0 Å². The zero-order chi connectivity index (χ0) is 94.1. The summed E-state index contributed by atoms with van der Waals surface area (Å²) in [6.07, 6.45) is 20.5. The van der Waals surface area contributed by atoms with Gasteiger partial charge in [0.25, 0.3) is 0 Å². The van der Waals surface area contributed by atoms with E-state index in [-0.39, 0.29) is 82.8 Å². The molecular weight excluding hydrogens is 1840 g/mol. The summed E-state index contributed by atoms with van der Waals surface area (Å²) in [5.41, 5.74) is 19.2. The van der Waals surface area contributed by atoms with E-state index >= 15 is 0 Å². The van der Waals surface area contributed by atoms with Crippen molar-refractivity contribution in [1.29, 1.82) is 0 Å². The molecule has 0 radical (unpaired) electrons. The molecule has 126 heavy (non-hydrogen) atoms. The Hall–Kier alpha value is -9.30. The van der Waals surface area contributed by atoms with Crippen molar-refractivity contribution in [2.75, 3.05) is 76.5 Å². The average Bonchev–Trinajstić information content (AvgIpc) is 1.62. The highest BCUT2D eigenvalue weighted by atomic mass is 127. The smallest absolute Gasteiger partial charge is 0.481 e. The van der Waals surface area contributed by atoms with E-state index in [9.17, 15) is 72.7 Å². The minimum atomic E-state index is -5.72. The first-order chi connectivity index (χ1) is 59.3. The third kappa shape index (κ3) is 39.5. The van der Waals surface area contributed by atoms with E-state index in [0.717, 1.165) is 47.5 Å². The van der Waals surface area contributed by atoms with Gasteiger partial charge in [-0.3, -0.25) is 23.7 Å². The number of carbonyl (C=O) groups excluding carboxylic acids is 5. The molecule has 0 aromatic carbocycles. The molecule has 9 rings (SSSR count). The van der Waals surface area contributed by atoms with Gasteiger partial charge in [-0.05, 0) is 115 Å². The summed E-state index contributed by atoms with van der Waals surface area (Å²) in [7, 11) is -16.7. The quantitative estimate of drug-likeness (QED) is 0.00552. The number of terminal acetylenes is 2. The minimum absolute atomic E-state index is 0.0724. The van der Waals surface area contributed by atoms with Crippen LogP contribution in [0.2, 0.25) is 0 Å². The number of fused-ring (bicyclic) bond motifs is 3. The number of nitrogens with two attached hydrogens (primary N) is 3. The van der Waals surface area contributed by atoms with E-state index in [0.29, 0.717) is 109 Å². The first kappa shape index (κ1) is 109. The maximum atomic E-state index is 12.1. The fraction of sp³-hybridized carbons (Fsp3) is 0.584. The van der Waals surface area contributed by atoms with Crippen molar-refractivity contribution in [1.82, 2.24) is 54.2 Å². The van der Waals surface area contributed by atoms with Crippen molar-refractivity contribution in [2.45, 2.75) is 231 Å². The minimum Gasteiger partial charge on any atom is -0.481 e. The lowest BCUT2D eigenvalue weighted by Crippen LogP contribution is -2.36. The number of carboxylic acids is 1. The molecule has 698 valence electrons. The van der Waals surface area contributed by atoms with Gasteiger partial charge in [-0.1, -0.05) is 37.5 Å². The second-order valence-corrected chi connectivity index (χ2v) is 34.8. The van der Waals surface area contributed by atoms with Gasteiger partial charge >= 0.3 is 59.5 Å². The molecule has 49 heteroatoms. The summed E-state index contributed by atoms with van der Waals surface area (Å²) in [5.74, 6) is 15.9.